The lowest BCUT2D eigenvalue weighted by Gasteiger charge is -2.06. The number of aromatic nitrogens is 1. The predicted molar refractivity (Wildman–Crippen MR) is 71.6 cm³/mol. The summed E-state index contributed by atoms with van der Waals surface area (Å²) in [7, 11) is 0. The summed E-state index contributed by atoms with van der Waals surface area (Å²) >= 11 is 1.71. The summed E-state index contributed by atoms with van der Waals surface area (Å²) in [6, 6.07) is 3.11. The monoisotopic (exact) mass is 253 g/mol. The van der Waals surface area contributed by atoms with Crippen molar-refractivity contribution in [3.8, 4) is 0 Å². The Bertz CT molecular complexity index is 410. The minimum atomic E-state index is -0.425. The van der Waals surface area contributed by atoms with Crippen molar-refractivity contribution in [2.45, 2.75) is 6.92 Å². The molecule has 1 heterocycles. The molecule has 0 aliphatic carbocycles. The van der Waals surface area contributed by atoms with Crippen LogP contribution in [-0.2, 0) is 0 Å². The van der Waals surface area contributed by atoms with Gasteiger partial charge in [-0.25, -0.2) is 4.98 Å². The Kier molecular flexibility index (Phi) is 5.48. The molecule has 5 nitrogen and oxygen atoms in total. The van der Waals surface area contributed by atoms with Crippen LogP contribution < -0.4 is 5.32 Å². The number of anilines is 1. The van der Waals surface area contributed by atoms with Gasteiger partial charge in [0.1, 0.15) is 0 Å². The second kappa shape index (κ2) is 6.90. The summed E-state index contributed by atoms with van der Waals surface area (Å²) in [4.78, 5) is 14.5. The van der Waals surface area contributed by atoms with Crippen LogP contribution >= 0.6 is 11.8 Å². The van der Waals surface area contributed by atoms with E-state index in [2.05, 4.69) is 16.9 Å². The van der Waals surface area contributed by atoms with Gasteiger partial charge in [0.15, 0.2) is 0 Å². The van der Waals surface area contributed by atoms with E-state index in [1.807, 2.05) is 6.08 Å². The maximum absolute atomic E-state index is 10.8. The second-order valence-electron chi connectivity index (χ2n) is 3.37. The zero-order valence-electron chi connectivity index (χ0n) is 9.68. The molecule has 1 aromatic heterocycles. The normalized spacial score (nSPS) is 9.94. The fourth-order valence-corrected chi connectivity index (χ4v) is 1.81. The average molecular weight is 253 g/mol. The first-order valence-electron chi connectivity index (χ1n) is 5.19. The highest BCUT2D eigenvalue weighted by molar-refractivity contribution is 7.99. The summed E-state index contributed by atoms with van der Waals surface area (Å²) in [6.45, 7) is 6.08. The number of aryl methyl sites for hydroxylation is 1. The van der Waals surface area contributed by atoms with Gasteiger partial charge in [0.05, 0.1) is 4.92 Å². The van der Waals surface area contributed by atoms with Crippen LogP contribution in [-0.4, -0.2) is 28.0 Å². The minimum absolute atomic E-state index is 0.0179. The van der Waals surface area contributed by atoms with E-state index in [1.54, 1.807) is 24.8 Å². The van der Waals surface area contributed by atoms with Crippen LogP contribution in [0.15, 0.2) is 24.8 Å². The van der Waals surface area contributed by atoms with Crippen LogP contribution in [0.3, 0.4) is 0 Å². The van der Waals surface area contributed by atoms with E-state index in [4.69, 9.17) is 0 Å². The topological polar surface area (TPSA) is 68.1 Å². The summed E-state index contributed by atoms with van der Waals surface area (Å²) in [6.07, 6.45) is 1.83. The standard InChI is InChI=1S/C11H15N3O2S/c1-3-7-17-8-6-12-11-10(14(15)16)5-4-9(2)13-11/h3-5H,1,6-8H2,2H3,(H,12,13). The van der Waals surface area contributed by atoms with E-state index in [1.165, 1.54) is 6.07 Å². The average Bonchev–Trinajstić information content (AvgIpc) is 2.28. The van der Waals surface area contributed by atoms with Gasteiger partial charge in [0, 0.05) is 29.8 Å². The van der Waals surface area contributed by atoms with Gasteiger partial charge >= 0.3 is 5.69 Å². The molecule has 0 spiro atoms. The quantitative estimate of drug-likeness (QED) is 0.350. The van der Waals surface area contributed by atoms with Gasteiger partial charge in [-0.05, 0) is 13.0 Å². The number of hydrogen-bond acceptors (Lipinski definition) is 5. The van der Waals surface area contributed by atoms with E-state index < -0.39 is 4.92 Å². The van der Waals surface area contributed by atoms with Crippen LogP contribution in [0.25, 0.3) is 0 Å². The van der Waals surface area contributed by atoms with Gasteiger partial charge in [-0.2, -0.15) is 11.8 Å². The molecule has 0 saturated carbocycles. The van der Waals surface area contributed by atoms with Crippen LogP contribution in [0.1, 0.15) is 5.69 Å². The van der Waals surface area contributed by atoms with E-state index in [9.17, 15) is 10.1 Å². The molecule has 0 aliphatic rings. The first kappa shape index (κ1) is 13.5. The number of nitrogens with zero attached hydrogens (tertiary/aromatic N) is 2. The number of pyridine rings is 1. The number of rotatable bonds is 7. The zero-order chi connectivity index (χ0) is 12.7. The van der Waals surface area contributed by atoms with Gasteiger partial charge in [-0.3, -0.25) is 10.1 Å². The maximum atomic E-state index is 10.8. The van der Waals surface area contributed by atoms with Gasteiger partial charge in [-0.15, -0.1) is 6.58 Å². The van der Waals surface area contributed by atoms with Gasteiger partial charge < -0.3 is 5.32 Å². The molecule has 1 N–H and O–H groups in total. The molecule has 1 aromatic rings. The summed E-state index contributed by atoms with van der Waals surface area (Å²) in [5.74, 6) is 2.08. The van der Waals surface area contributed by atoms with Crippen molar-refractivity contribution in [1.29, 1.82) is 0 Å². The Balaban J connectivity index is 2.59. The van der Waals surface area contributed by atoms with Crippen molar-refractivity contribution in [3.05, 3.63) is 40.6 Å². The fraction of sp³-hybridized carbons (Fsp3) is 0.364. The number of thioether (sulfide) groups is 1. The Morgan fingerprint density at radius 1 is 1.65 bits per heavy atom. The first-order valence-corrected chi connectivity index (χ1v) is 6.35. The molecule has 6 heteroatoms. The lowest BCUT2D eigenvalue weighted by Crippen LogP contribution is -2.08. The number of nitro groups is 1. The molecule has 0 atom stereocenters. The summed E-state index contributed by atoms with van der Waals surface area (Å²) < 4.78 is 0. The molecule has 92 valence electrons. The molecule has 0 amide bonds. The van der Waals surface area contributed by atoms with Crippen LogP contribution in [0.4, 0.5) is 11.5 Å². The number of hydrogen-bond donors (Lipinski definition) is 1. The van der Waals surface area contributed by atoms with Crippen molar-refractivity contribution >= 4 is 23.3 Å². The highest BCUT2D eigenvalue weighted by Gasteiger charge is 2.14. The third-order valence-corrected chi connectivity index (χ3v) is 2.95. The van der Waals surface area contributed by atoms with Gasteiger partial charge in [0.25, 0.3) is 0 Å². The minimum Gasteiger partial charge on any atom is -0.364 e. The SMILES string of the molecule is C=CCSCCNc1nc(C)ccc1[N+](=O)[O-]. The van der Waals surface area contributed by atoms with E-state index in [0.29, 0.717) is 12.4 Å². The Morgan fingerprint density at radius 2 is 2.41 bits per heavy atom. The summed E-state index contributed by atoms with van der Waals surface area (Å²) in [5.41, 5.74) is 0.779. The van der Waals surface area contributed by atoms with Crippen molar-refractivity contribution in [2.24, 2.45) is 0 Å². The molecule has 0 bridgehead atoms. The molecule has 0 radical (unpaired) electrons. The van der Waals surface area contributed by atoms with E-state index in [-0.39, 0.29) is 5.69 Å². The first-order chi connectivity index (χ1) is 8.15. The largest absolute Gasteiger partial charge is 0.364 e. The smallest absolute Gasteiger partial charge is 0.311 e. The van der Waals surface area contributed by atoms with Crippen molar-refractivity contribution in [3.63, 3.8) is 0 Å². The molecule has 1 rings (SSSR count). The van der Waals surface area contributed by atoms with Crippen LogP contribution in [0, 0.1) is 17.0 Å². The van der Waals surface area contributed by atoms with E-state index in [0.717, 1.165) is 17.2 Å². The second-order valence-corrected chi connectivity index (χ2v) is 4.52. The zero-order valence-corrected chi connectivity index (χ0v) is 10.5. The fourth-order valence-electron chi connectivity index (χ4n) is 1.24. The van der Waals surface area contributed by atoms with Crippen molar-refractivity contribution in [1.82, 2.24) is 4.98 Å². The maximum Gasteiger partial charge on any atom is 0.311 e. The van der Waals surface area contributed by atoms with Crippen molar-refractivity contribution < 1.29 is 4.92 Å². The van der Waals surface area contributed by atoms with Crippen molar-refractivity contribution in [2.75, 3.05) is 23.4 Å². The molecule has 17 heavy (non-hydrogen) atoms. The molecule has 0 unspecified atom stereocenters. The predicted octanol–water partition coefficient (Wildman–Crippen LogP) is 2.63. The molecular weight excluding hydrogens is 238 g/mol. The Labute approximate surface area is 104 Å². The Hall–Kier alpha value is -1.56. The highest BCUT2D eigenvalue weighted by atomic mass is 32.2. The summed E-state index contributed by atoms with van der Waals surface area (Å²) in [5, 5.41) is 13.8. The molecule has 0 saturated heterocycles. The molecular formula is C11H15N3O2S. The lowest BCUT2D eigenvalue weighted by atomic mass is 10.3. The molecule has 0 fully saturated rings. The molecule has 0 aromatic carbocycles. The highest BCUT2D eigenvalue weighted by Crippen LogP contribution is 2.21. The third kappa shape index (κ3) is 4.44. The van der Waals surface area contributed by atoms with Gasteiger partial charge in [-0.1, -0.05) is 6.08 Å². The van der Waals surface area contributed by atoms with Crippen LogP contribution in [0.5, 0.6) is 0 Å². The van der Waals surface area contributed by atoms with E-state index >= 15 is 0 Å². The van der Waals surface area contributed by atoms with Crippen LogP contribution in [0.2, 0.25) is 0 Å². The lowest BCUT2D eigenvalue weighted by molar-refractivity contribution is -0.384. The third-order valence-electron chi connectivity index (χ3n) is 1.98. The number of nitrogens with one attached hydrogen (secondary N) is 1. The van der Waals surface area contributed by atoms with Gasteiger partial charge in [0.2, 0.25) is 5.82 Å². The Morgan fingerprint density at radius 3 is 3.06 bits per heavy atom. The molecule has 0 aliphatic heterocycles.